The van der Waals surface area contributed by atoms with Crippen molar-refractivity contribution >= 4 is 23.6 Å². The quantitative estimate of drug-likeness (QED) is 0.873. The number of rotatable bonds is 3. The molecule has 1 aromatic carbocycles. The second kappa shape index (κ2) is 6.11. The molecule has 1 aliphatic rings. The zero-order valence-corrected chi connectivity index (χ0v) is 13.5. The lowest BCUT2D eigenvalue weighted by atomic mass is 10.1. The van der Waals surface area contributed by atoms with Crippen molar-refractivity contribution in [2.75, 3.05) is 12.1 Å². The summed E-state index contributed by atoms with van der Waals surface area (Å²) in [5, 5.41) is 5.32. The van der Waals surface area contributed by atoms with Crippen LogP contribution in [0.15, 0.2) is 45.8 Å². The number of hydrazone groups is 1. The minimum absolute atomic E-state index is 0.113. The van der Waals surface area contributed by atoms with Crippen LogP contribution in [0.3, 0.4) is 0 Å². The van der Waals surface area contributed by atoms with Gasteiger partial charge in [-0.15, -0.1) is 0 Å². The lowest BCUT2D eigenvalue weighted by Crippen LogP contribution is -2.26. The molecule has 1 N–H and O–H groups in total. The molecule has 0 fully saturated rings. The molecule has 0 aliphatic carbocycles. The Morgan fingerprint density at radius 3 is 2.50 bits per heavy atom. The Kier molecular flexibility index (Phi) is 3.99. The third-order valence-electron chi connectivity index (χ3n) is 3.55. The summed E-state index contributed by atoms with van der Waals surface area (Å²) in [6, 6.07) is 8.68. The molecule has 0 saturated heterocycles. The molecule has 0 unspecified atom stereocenters. The number of nitrogens with zero attached hydrogens (tertiary/aromatic N) is 3. The van der Waals surface area contributed by atoms with Crippen molar-refractivity contribution in [1.29, 1.82) is 0 Å². The molecule has 1 aliphatic heterocycles. The predicted molar refractivity (Wildman–Crippen MR) is 91.2 cm³/mol. The van der Waals surface area contributed by atoms with Crippen molar-refractivity contribution in [2.45, 2.75) is 13.8 Å². The van der Waals surface area contributed by atoms with E-state index in [0.717, 1.165) is 16.3 Å². The average molecular weight is 324 g/mol. The molecule has 1 amide bonds. The first kappa shape index (κ1) is 15.7. The highest BCUT2D eigenvalue weighted by Crippen LogP contribution is 2.22. The number of benzene rings is 1. The summed E-state index contributed by atoms with van der Waals surface area (Å²) >= 11 is 0. The van der Waals surface area contributed by atoms with Crippen molar-refractivity contribution in [1.82, 2.24) is 9.97 Å². The standard InChI is InChI=1S/C17H16N4O3/c1-10-8-15(22)19-17(18-10)21-16(23)14(11(2)20-21)9-12-4-6-13(24-3)7-5-12/h4-9H,1-3H3,(H,18,19,22)/b14-9-. The Bertz CT molecular complexity index is 910. The minimum Gasteiger partial charge on any atom is -0.497 e. The van der Waals surface area contributed by atoms with E-state index in [4.69, 9.17) is 4.74 Å². The molecular weight excluding hydrogens is 308 g/mol. The van der Waals surface area contributed by atoms with Crippen molar-refractivity contribution < 1.29 is 9.53 Å². The van der Waals surface area contributed by atoms with Crippen LogP contribution in [0.5, 0.6) is 5.75 Å². The highest BCUT2D eigenvalue weighted by molar-refractivity contribution is 6.31. The van der Waals surface area contributed by atoms with E-state index in [2.05, 4.69) is 15.1 Å². The van der Waals surface area contributed by atoms with Crippen LogP contribution in [0.1, 0.15) is 18.2 Å². The van der Waals surface area contributed by atoms with E-state index < -0.39 is 0 Å². The van der Waals surface area contributed by atoms with Gasteiger partial charge in [0.25, 0.3) is 11.5 Å². The van der Waals surface area contributed by atoms with Crippen LogP contribution in [0.4, 0.5) is 5.95 Å². The van der Waals surface area contributed by atoms with Crippen LogP contribution >= 0.6 is 0 Å². The van der Waals surface area contributed by atoms with Gasteiger partial charge in [-0.2, -0.15) is 10.1 Å². The monoisotopic (exact) mass is 324 g/mol. The van der Waals surface area contributed by atoms with Crippen LogP contribution in [0.25, 0.3) is 6.08 Å². The van der Waals surface area contributed by atoms with E-state index in [9.17, 15) is 9.59 Å². The number of ether oxygens (including phenoxy) is 1. The molecule has 2 aromatic rings. The summed E-state index contributed by atoms with van der Waals surface area (Å²) in [4.78, 5) is 30.9. The summed E-state index contributed by atoms with van der Waals surface area (Å²) in [5.74, 6) is 0.517. The summed E-state index contributed by atoms with van der Waals surface area (Å²) in [6.45, 7) is 3.42. The van der Waals surface area contributed by atoms with E-state index in [-0.39, 0.29) is 17.4 Å². The normalized spacial score (nSPS) is 15.8. The number of aryl methyl sites for hydroxylation is 1. The van der Waals surface area contributed by atoms with Gasteiger partial charge in [-0.05, 0) is 37.6 Å². The number of aromatic nitrogens is 2. The molecule has 0 spiro atoms. The van der Waals surface area contributed by atoms with E-state index in [1.165, 1.54) is 6.07 Å². The zero-order chi connectivity index (χ0) is 17.3. The van der Waals surface area contributed by atoms with Crippen molar-refractivity contribution in [3.8, 4) is 5.75 Å². The van der Waals surface area contributed by atoms with Gasteiger partial charge in [0.2, 0.25) is 5.95 Å². The van der Waals surface area contributed by atoms with Crippen LogP contribution in [-0.2, 0) is 4.79 Å². The van der Waals surface area contributed by atoms with Gasteiger partial charge in [0.05, 0.1) is 18.4 Å². The fraction of sp³-hybridized carbons (Fsp3) is 0.176. The number of H-pyrrole nitrogens is 1. The number of carbonyl (C=O) groups excluding carboxylic acids is 1. The highest BCUT2D eigenvalue weighted by Gasteiger charge is 2.30. The largest absolute Gasteiger partial charge is 0.497 e. The first-order valence-corrected chi connectivity index (χ1v) is 7.31. The SMILES string of the molecule is COc1ccc(/C=C2\C(=O)N(c3nc(C)cc(=O)[nH]3)N=C2C)cc1. The van der Waals surface area contributed by atoms with E-state index >= 15 is 0 Å². The van der Waals surface area contributed by atoms with Crippen LogP contribution in [-0.4, -0.2) is 28.7 Å². The maximum atomic E-state index is 12.6. The summed E-state index contributed by atoms with van der Waals surface area (Å²) in [7, 11) is 1.60. The minimum atomic E-state index is -0.336. The topological polar surface area (TPSA) is 87.6 Å². The van der Waals surface area contributed by atoms with Crippen LogP contribution in [0.2, 0.25) is 0 Å². The predicted octanol–water partition coefficient (Wildman–Crippen LogP) is 1.89. The Hall–Kier alpha value is -3.22. The number of hydrogen-bond acceptors (Lipinski definition) is 5. The molecule has 0 bridgehead atoms. The van der Waals surface area contributed by atoms with Gasteiger partial charge in [0.15, 0.2) is 0 Å². The van der Waals surface area contributed by atoms with Gasteiger partial charge in [-0.25, -0.2) is 4.98 Å². The third-order valence-corrected chi connectivity index (χ3v) is 3.55. The van der Waals surface area contributed by atoms with Gasteiger partial charge in [0, 0.05) is 11.8 Å². The summed E-state index contributed by atoms with van der Waals surface area (Å²) < 4.78 is 5.12. The molecule has 2 heterocycles. The van der Waals surface area contributed by atoms with Crippen molar-refractivity contribution in [2.24, 2.45) is 5.10 Å². The number of aromatic amines is 1. The van der Waals surface area contributed by atoms with Gasteiger partial charge in [-0.3, -0.25) is 14.6 Å². The van der Waals surface area contributed by atoms with Gasteiger partial charge in [-0.1, -0.05) is 12.1 Å². The first-order valence-electron chi connectivity index (χ1n) is 7.31. The Morgan fingerprint density at radius 1 is 1.17 bits per heavy atom. The van der Waals surface area contributed by atoms with Crippen molar-refractivity contribution in [3.05, 3.63) is 57.5 Å². The molecule has 0 atom stereocenters. The fourth-order valence-corrected chi connectivity index (χ4v) is 2.36. The number of anilines is 1. The molecule has 0 radical (unpaired) electrons. The number of nitrogens with one attached hydrogen (secondary N) is 1. The smallest absolute Gasteiger partial charge is 0.283 e. The average Bonchev–Trinajstić information content (AvgIpc) is 2.83. The molecule has 0 saturated carbocycles. The lowest BCUT2D eigenvalue weighted by Gasteiger charge is -2.10. The molecule has 1 aromatic heterocycles. The number of methoxy groups -OCH3 is 1. The van der Waals surface area contributed by atoms with Crippen molar-refractivity contribution in [3.63, 3.8) is 0 Å². The van der Waals surface area contributed by atoms with E-state index in [1.54, 1.807) is 27.0 Å². The third kappa shape index (κ3) is 2.96. The second-order valence-electron chi connectivity index (χ2n) is 5.34. The number of hydrogen-bond donors (Lipinski definition) is 1. The lowest BCUT2D eigenvalue weighted by molar-refractivity contribution is -0.114. The Labute approximate surface area is 138 Å². The molecule has 122 valence electrons. The van der Waals surface area contributed by atoms with Crippen LogP contribution < -0.4 is 15.3 Å². The molecule has 24 heavy (non-hydrogen) atoms. The second-order valence-corrected chi connectivity index (χ2v) is 5.34. The van der Waals surface area contributed by atoms with Gasteiger partial charge >= 0.3 is 0 Å². The molecule has 3 rings (SSSR count). The first-order chi connectivity index (χ1) is 11.5. The molecule has 7 heteroatoms. The van der Waals surface area contributed by atoms with E-state index in [1.807, 2.05) is 24.3 Å². The Morgan fingerprint density at radius 2 is 1.88 bits per heavy atom. The highest BCUT2D eigenvalue weighted by atomic mass is 16.5. The zero-order valence-electron chi connectivity index (χ0n) is 13.5. The number of amides is 1. The number of carbonyl (C=O) groups is 1. The fourth-order valence-electron chi connectivity index (χ4n) is 2.36. The maximum Gasteiger partial charge on any atom is 0.283 e. The van der Waals surface area contributed by atoms with Gasteiger partial charge in [0.1, 0.15) is 5.75 Å². The summed E-state index contributed by atoms with van der Waals surface area (Å²) in [6.07, 6.45) is 1.74. The Balaban J connectivity index is 1.94. The molecule has 7 nitrogen and oxygen atoms in total. The molecular formula is C17H16N4O3. The van der Waals surface area contributed by atoms with E-state index in [0.29, 0.717) is 17.0 Å². The summed E-state index contributed by atoms with van der Waals surface area (Å²) in [5.41, 5.74) is 2.04. The van der Waals surface area contributed by atoms with Gasteiger partial charge < -0.3 is 4.74 Å². The van der Waals surface area contributed by atoms with Crippen LogP contribution in [0, 0.1) is 6.92 Å². The maximum absolute atomic E-state index is 12.6.